The lowest BCUT2D eigenvalue weighted by Gasteiger charge is -2.36. The Morgan fingerprint density at radius 1 is 1.06 bits per heavy atom. The number of halogens is 1. The molecule has 35 heavy (non-hydrogen) atoms. The number of nitrogens with one attached hydrogen (secondary N) is 2. The van der Waals surface area contributed by atoms with E-state index in [9.17, 15) is 14.0 Å². The summed E-state index contributed by atoms with van der Waals surface area (Å²) in [4.78, 5) is 28.2. The number of anilines is 2. The number of aryl methyl sites for hydroxylation is 3. The highest BCUT2D eigenvalue weighted by Crippen LogP contribution is 2.42. The summed E-state index contributed by atoms with van der Waals surface area (Å²) in [6.45, 7) is 7.02. The predicted octanol–water partition coefficient (Wildman–Crippen LogP) is 4.41. The van der Waals surface area contributed by atoms with Crippen molar-refractivity contribution in [3.8, 4) is 0 Å². The molecule has 5 rings (SSSR count). The zero-order valence-corrected chi connectivity index (χ0v) is 20.1. The van der Waals surface area contributed by atoms with Crippen LogP contribution in [0.1, 0.15) is 33.9 Å². The molecule has 0 aliphatic carbocycles. The largest absolute Gasteiger partial charge is 0.366 e. The average Bonchev–Trinajstić information content (AvgIpc) is 3.11. The molecule has 2 aliphatic heterocycles. The van der Waals surface area contributed by atoms with Gasteiger partial charge in [-0.2, -0.15) is 0 Å². The fraction of sp³-hybridized carbons (Fsp3) is 0.286. The minimum atomic E-state index is -0.413. The molecule has 2 atom stereocenters. The Labute approximate surface area is 204 Å². The van der Waals surface area contributed by atoms with Gasteiger partial charge < -0.3 is 10.2 Å². The third-order valence-electron chi connectivity index (χ3n) is 6.91. The molecule has 3 aromatic rings. The van der Waals surface area contributed by atoms with Crippen molar-refractivity contribution in [2.24, 2.45) is 5.92 Å². The molecule has 1 saturated heterocycles. The van der Waals surface area contributed by atoms with E-state index in [0.717, 1.165) is 33.5 Å². The number of fused-ring (bicyclic) bond motifs is 3. The second-order valence-corrected chi connectivity index (χ2v) is 9.56. The number of nitrogens with zero attached hydrogens (tertiary/aromatic N) is 2. The molecule has 0 bridgehead atoms. The van der Waals surface area contributed by atoms with Gasteiger partial charge in [0.25, 0.3) is 0 Å². The van der Waals surface area contributed by atoms with Gasteiger partial charge in [0.1, 0.15) is 12.4 Å². The van der Waals surface area contributed by atoms with E-state index < -0.39 is 5.92 Å². The van der Waals surface area contributed by atoms with Crippen molar-refractivity contribution < 1.29 is 14.0 Å². The molecule has 3 aromatic carbocycles. The third kappa shape index (κ3) is 4.64. The van der Waals surface area contributed by atoms with Crippen LogP contribution in [0.3, 0.4) is 0 Å². The van der Waals surface area contributed by atoms with Crippen LogP contribution < -0.4 is 15.6 Å². The van der Waals surface area contributed by atoms with Crippen LogP contribution in [0.15, 0.2) is 60.7 Å². The highest BCUT2D eigenvalue weighted by atomic mass is 19.1. The lowest BCUT2D eigenvalue weighted by molar-refractivity contribution is -0.135. The third-order valence-corrected chi connectivity index (χ3v) is 6.91. The Morgan fingerprint density at radius 3 is 2.66 bits per heavy atom. The molecule has 7 heteroatoms. The quantitative estimate of drug-likeness (QED) is 0.577. The fourth-order valence-corrected chi connectivity index (χ4v) is 5.00. The number of benzene rings is 3. The van der Waals surface area contributed by atoms with E-state index in [4.69, 9.17) is 0 Å². The Kier molecular flexibility index (Phi) is 6.03. The zero-order chi connectivity index (χ0) is 24.7. The number of hydrogen-bond donors (Lipinski definition) is 2. The van der Waals surface area contributed by atoms with Crippen LogP contribution in [0.4, 0.5) is 15.8 Å². The maximum absolute atomic E-state index is 14.3. The molecule has 2 heterocycles. The van der Waals surface area contributed by atoms with Gasteiger partial charge in [-0.1, -0.05) is 35.9 Å². The van der Waals surface area contributed by atoms with Crippen molar-refractivity contribution in [2.45, 2.75) is 33.4 Å². The van der Waals surface area contributed by atoms with E-state index in [0.29, 0.717) is 18.8 Å². The Balaban J connectivity index is 1.35. The lowest BCUT2D eigenvalue weighted by atomic mass is 9.87. The van der Waals surface area contributed by atoms with Gasteiger partial charge in [0, 0.05) is 24.5 Å². The van der Waals surface area contributed by atoms with Gasteiger partial charge in [-0.3, -0.25) is 14.6 Å². The number of carbonyl (C=O) groups is 2. The van der Waals surface area contributed by atoms with Crippen molar-refractivity contribution >= 4 is 23.2 Å². The second-order valence-electron chi connectivity index (χ2n) is 9.56. The minimum Gasteiger partial charge on any atom is -0.366 e. The first-order valence-electron chi connectivity index (χ1n) is 11.8. The topological polar surface area (TPSA) is 64.7 Å². The van der Waals surface area contributed by atoms with E-state index in [-0.39, 0.29) is 30.2 Å². The van der Waals surface area contributed by atoms with Crippen molar-refractivity contribution in [3.63, 3.8) is 0 Å². The van der Waals surface area contributed by atoms with Gasteiger partial charge >= 0.3 is 0 Å². The van der Waals surface area contributed by atoms with Crippen molar-refractivity contribution in [2.75, 3.05) is 23.3 Å². The molecule has 180 valence electrons. The molecule has 0 spiro atoms. The normalized spacial score (nSPS) is 18.9. The molecule has 0 saturated carbocycles. The molecule has 2 unspecified atom stereocenters. The van der Waals surface area contributed by atoms with Gasteiger partial charge in [0.05, 0.1) is 12.0 Å². The first kappa shape index (κ1) is 23.1. The number of hydrogen-bond acceptors (Lipinski definition) is 4. The SMILES string of the molecule is Cc1cccc(CN2CC3C(=O)N(CC(=O)Nc4ccc(C)c(C)c4)NC3c3cc(F)ccc32)c1. The standard InChI is InChI=1S/C28H29FN4O2/c1-17-5-4-6-20(11-17)14-32-15-24-27(23-13-21(29)8-10-25(23)32)31-33(28(24)35)16-26(34)30-22-9-7-18(2)19(3)12-22/h4-13,24,27,31H,14-16H2,1-3H3,(H,30,34). The monoisotopic (exact) mass is 472 g/mol. The fourth-order valence-electron chi connectivity index (χ4n) is 5.00. The number of amides is 2. The molecule has 6 nitrogen and oxygen atoms in total. The van der Waals surface area contributed by atoms with Crippen LogP contribution >= 0.6 is 0 Å². The first-order chi connectivity index (χ1) is 16.8. The summed E-state index contributed by atoms with van der Waals surface area (Å²) < 4.78 is 14.3. The Morgan fingerprint density at radius 2 is 1.89 bits per heavy atom. The number of carbonyl (C=O) groups excluding carboxylic acids is 2. The smallest absolute Gasteiger partial charge is 0.245 e. The Hall–Kier alpha value is -3.71. The maximum atomic E-state index is 14.3. The van der Waals surface area contributed by atoms with Gasteiger partial charge in [-0.25, -0.2) is 9.82 Å². The van der Waals surface area contributed by atoms with Crippen LogP contribution in [0.5, 0.6) is 0 Å². The molecule has 2 N–H and O–H groups in total. The molecular weight excluding hydrogens is 443 g/mol. The van der Waals surface area contributed by atoms with Crippen molar-refractivity contribution in [1.82, 2.24) is 10.4 Å². The minimum absolute atomic E-state index is 0.124. The zero-order valence-electron chi connectivity index (χ0n) is 20.1. The van der Waals surface area contributed by atoms with E-state index in [1.54, 1.807) is 6.07 Å². The van der Waals surface area contributed by atoms with Crippen molar-refractivity contribution in [1.29, 1.82) is 0 Å². The molecule has 2 aliphatic rings. The summed E-state index contributed by atoms with van der Waals surface area (Å²) in [5.41, 5.74) is 10.0. The van der Waals surface area contributed by atoms with E-state index >= 15 is 0 Å². The van der Waals surface area contributed by atoms with E-state index in [1.165, 1.54) is 17.1 Å². The van der Waals surface area contributed by atoms with Gasteiger partial charge in [-0.05, 0) is 73.4 Å². The number of hydrazine groups is 1. The highest BCUT2D eigenvalue weighted by Gasteiger charge is 2.46. The van der Waals surface area contributed by atoms with Gasteiger partial charge in [0.15, 0.2) is 0 Å². The summed E-state index contributed by atoms with van der Waals surface area (Å²) in [5, 5.41) is 4.24. The number of rotatable bonds is 5. The van der Waals surface area contributed by atoms with Crippen LogP contribution in [-0.2, 0) is 16.1 Å². The lowest BCUT2D eigenvalue weighted by Crippen LogP contribution is -2.41. The molecule has 1 fully saturated rings. The van der Waals surface area contributed by atoms with E-state index in [2.05, 4.69) is 27.8 Å². The van der Waals surface area contributed by atoms with Crippen LogP contribution in [0.2, 0.25) is 0 Å². The van der Waals surface area contributed by atoms with Crippen LogP contribution in [-0.4, -0.2) is 29.9 Å². The summed E-state index contributed by atoms with van der Waals surface area (Å²) >= 11 is 0. The average molecular weight is 473 g/mol. The molecule has 0 aromatic heterocycles. The summed E-state index contributed by atoms with van der Waals surface area (Å²) in [5.74, 6) is -1.21. The Bertz CT molecular complexity index is 1310. The van der Waals surface area contributed by atoms with Crippen LogP contribution in [0, 0.1) is 32.5 Å². The van der Waals surface area contributed by atoms with Crippen molar-refractivity contribution in [3.05, 3.63) is 94.3 Å². The highest BCUT2D eigenvalue weighted by molar-refractivity contribution is 5.95. The predicted molar refractivity (Wildman–Crippen MR) is 134 cm³/mol. The second kappa shape index (κ2) is 9.15. The van der Waals surface area contributed by atoms with E-state index in [1.807, 2.05) is 51.1 Å². The molecule has 0 radical (unpaired) electrons. The van der Waals surface area contributed by atoms with Gasteiger partial charge in [0.2, 0.25) is 11.8 Å². The summed E-state index contributed by atoms with van der Waals surface area (Å²) in [6.07, 6.45) is 0. The van der Waals surface area contributed by atoms with Gasteiger partial charge in [-0.15, -0.1) is 0 Å². The maximum Gasteiger partial charge on any atom is 0.245 e. The first-order valence-corrected chi connectivity index (χ1v) is 11.8. The summed E-state index contributed by atoms with van der Waals surface area (Å²) in [6, 6.07) is 18.3. The molecular formula is C28H29FN4O2. The molecule has 2 amide bonds. The van der Waals surface area contributed by atoms with Crippen LogP contribution in [0.25, 0.3) is 0 Å². The summed E-state index contributed by atoms with van der Waals surface area (Å²) in [7, 11) is 0.